The van der Waals surface area contributed by atoms with Crippen molar-refractivity contribution in [3.8, 4) is 11.5 Å². The van der Waals surface area contributed by atoms with Crippen molar-refractivity contribution in [1.29, 1.82) is 0 Å². The first kappa shape index (κ1) is 16.7. The number of rotatable bonds is 6. The Bertz CT molecular complexity index is 658. The molecule has 0 aliphatic heterocycles. The van der Waals surface area contributed by atoms with Crippen LogP contribution in [-0.4, -0.2) is 32.2 Å². The van der Waals surface area contributed by atoms with E-state index in [4.69, 9.17) is 9.47 Å². The van der Waals surface area contributed by atoms with Gasteiger partial charge in [-0.2, -0.15) is 0 Å². The Labute approximate surface area is 136 Å². The molecule has 0 aromatic heterocycles. The zero-order valence-electron chi connectivity index (χ0n) is 13.7. The van der Waals surface area contributed by atoms with Gasteiger partial charge >= 0.3 is 6.03 Å². The quantitative estimate of drug-likeness (QED) is 0.891. The van der Waals surface area contributed by atoms with Crippen molar-refractivity contribution in [1.82, 2.24) is 10.2 Å². The zero-order chi connectivity index (χ0) is 16.7. The maximum Gasteiger partial charge on any atom is 0.317 e. The molecule has 0 saturated heterocycles. The molecule has 0 unspecified atom stereocenters. The number of carbonyl (C=O) groups excluding carboxylic acids is 1. The van der Waals surface area contributed by atoms with Crippen LogP contribution in [0.2, 0.25) is 0 Å². The summed E-state index contributed by atoms with van der Waals surface area (Å²) in [7, 11) is 5.01. The van der Waals surface area contributed by atoms with Crippen LogP contribution >= 0.6 is 0 Å². The first-order valence-corrected chi connectivity index (χ1v) is 7.38. The Kier molecular flexibility index (Phi) is 5.86. The summed E-state index contributed by atoms with van der Waals surface area (Å²) in [6, 6.07) is 15.2. The van der Waals surface area contributed by atoms with Crippen LogP contribution < -0.4 is 14.8 Å². The van der Waals surface area contributed by atoms with Gasteiger partial charge in [-0.05, 0) is 23.8 Å². The van der Waals surface area contributed by atoms with E-state index in [2.05, 4.69) is 5.32 Å². The molecule has 23 heavy (non-hydrogen) atoms. The van der Waals surface area contributed by atoms with E-state index >= 15 is 0 Å². The van der Waals surface area contributed by atoms with Crippen LogP contribution in [0.15, 0.2) is 48.5 Å². The molecule has 0 fully saturated rings. The number of hydrogen-bond donors (Lipinski definition) is 1. The van der Waals surface area contributed by atoms with E-state index in [9.17, 15) is 4.79 Å². The Morgan fingerprint density at radius 3 is 2.61 bits per heavy atom. The van der Waals surface area contributed by atoms with Gasteiger partial charge in [0.1, 0.15) is 11.5 Å². The summed E-state index contributed by atoms with van der Waals surface area (Å²) in [6.07, 6.45) is 0. The van der Waals surface area contributed by atoms with Crippen LogP contribution in [0, 0.1) is 0 Å². The molecule has 2 aromatic rings. The summed E-state index contributed by atoms with van der Waals surface area (Å²) >= 11 is 0. The molecule has 2 rings (SSSR count). The highest BCUT2D eigenvalue weighted by Gasteiger charge is 2.11. The third kappa shape index (κ3) is 4.64. The van der Waals surface area contributed by atoms with Crippen LogP contribution in [0.1, 0.15) is 11.1 Å². The van der Waals surface area contributed by atoms with Crippen LogP contribution in [0.4, 0.5) is 4.79 Å². The Balaban J connectivity index is 1.92. The largest absolute Gasteiger partial charge is 0.497 e. The lowest BCUT2D eigenvalue weighted by Crippen LogP contribution is -2.36. The van der Waals surface area contributed by atoms with E-state index in [1.54, 1.807) is 26.2 Å². The fourth-order valence-electron chi connectivity index (χ4n) is 2.26. The Morgan fingerprint density at radius 2 is 1.87 bits per heavy atom. The van der Waals surface area contributed by atoms with E-state index in [-0.39, 0.29) is 6.03 Å². The third-order valence-electron chi connectivity index (χ3n) is 3.52. The summed E-state index contributed by atoms with van der Waals surface area (Å²) in [5.74, 6) is 1.55. The minimum absolute atomic E-state index is 0.140. The molecule has 5 heteroatoms. The number of ether oxygens (including phenoxy) is 2. The molecule has 0 heterocycles. The molecule has 0 radical (unpaired) electrons. The number of urea groups is 1. The lowest BCUT2D eigenvalue weighted by atomic mass is 10.2. The first-order valence-electron chi connectivity index (χ1n) is 7.38. The minimum atomic E-state index is -0.140. The molecule has 0 aliphatic carbocycles. The summed E-state index contributed by atoms with van der Waals surface area (Å²) < 4.78 is 10.5. The van der Waals surface area contributed by atoms with E-state index < -0.39 is 0 Å². The molecule has 0 aliphatic rings. The second-order valence-corrected chi connectivity index (χ2v) is 5.18. The van der Waals surface area contributed by atoms with Crippen molar-refractivity contribution >= 4 is 6.03 Å². The lowest BCUT2D eigenvalue weighted by molar-refractivity contribution is 0.206. The highest BCUT2D eigenvalue weighted by atomic mass is 16.5. The summed E-state index contributed by atoms with van der Waals surface area (Å²) in [4.78, 5) is 13.8. The van der Waals surface area contributed by atoms with Crippen molar-refractivity contribution in [3.63, 3.8) is 0 Å². The summed E-state index contributed by atoms with van der Waals surface area (Å²) in [6.45, 7) is 0.931. The summed E-state index contributed by atoms with van der Waals surface area (Å²) in [5.41, 5.74) is 1.96. The van der Waals surface area contributed by atoms with Gasteiger partial charge < -0.3 is 19.7 Å². The molecule has 0 atom stereocenters. The zero-order valence-corrected chi connectivity index (χ0v) is 13.7. The molecule has 0 saturated carbocycles. The third-order valence-corrected chi connectivity index (χ3v) is 3.52. The fraction of sp³-hybridized carbons (Fsp3) is 0.278. The van der Waals surface area contributed by atoms with Gasteiger partial charge in [-0.25, -0.2) is 4.79 Å². The predicted octanol–water partition coefficient (Wildman–Crippen LogP) is 3.05. The average Bonchev–Trinajstić information content (AvgIpc) is 2.60. The van der Waals surface area contributed by atoms with Gasteiger partial charge in [0, 0.05) is 19.2 Å². The second-order valence-electron chi connectivity index (χ2n) is 5.18. The van der Waals surface area contributed by atoms with Gasteiger partial charge in [-0.15, -0.1) is 0 Å². The monoisotopic (exact) mass is 314 g/mol. The van der Waals surface area contributed by atoms with Gasteiger partial charge in [0.05, 0.1) is 20.8 Å². The minimum Gasteiger partial charge on any atom is -0.497 e. The first-order chi connectivity index (χ1) is 11.1. The molecule has 122 valence electrons. The number of benzene rings is 2. The maximum absolute atomic E-state index is 12.2. The molecule has 0 bridgehead atoms. The molecule has 5 nitrogen and oxygen atoms in total. The van der Waals surface area contributed by atoms with Gasteiger partial charge in [0.25, 0.3) is 0 Å². The SMILES string of the molecule is COc1cccc(CNC(=O)N(C)Cc2ccccc2OC)c1. The molecular weight excluding hydrogens is 292 g/mol. The van der Waals surface area contributed by atoms with E-state index in [1.807, 2.05) is 48.5 Å². The molecule has 0 spiro atoms. The van der Waals surface area contributed by atoms with Crippen LogP contribution in [0.3, 0.4) is 0 Å². The molecule has 1 N–H and O–H groups in total. The number of amides is 2. The van der Waals surface area contributed by atoms with E-state index in [0.717, 1.165) is 22.6 Å². The Hall–Kier alpha value is -2.69. The molecule has 2 amide bonds. The van der Waals surface area contributed by atoms with Crippen molar-refractivity contribution in [3.05, 3.63) is 59.7 Å². The van der Waals surface area contributed by atoms with E-state index in [0.29, 0.717) is 13.1 Å². The molecule has 2 aromatic carbocycles. The topological polar surface area (TPSA) is 50.8 Å². The molecular formula is C18H22N2O3. The maximum atomic E-state index is 12.2. The lowest BCUT2D eigenvalue weighted by Gasteiger charge is -2.19. The van der Waals surface area contributed by atoms with Crippen LogP contribution in [0.5, 0.6) is 11.5 Å². The number of para-hydroxylation sites is 1. The normalized spacial score (nSPS) is 10.0. The number of nitrogens with zero attached hydrogens (tertiary/aromatic N) is 1. The van der Waals surface area contributed by atoms with E-state index in [1.165, 1.54) is 0 Å². The van der Waals surface area contributed by atoms with Crippen LogP contribution in [0.25, 0.3) is 0 Å². The standard InChI is InChI=1S/C18H22N2O3/c1-20(13-15-8-4-5-10-17(15)23-3)18(21)19-12-14-7-6-9-16(11-14)22-2/h4-11H,12-13H2,1-3H3,(H,19,21). The van der Waals surface area contributed by atoms with Gasteiger partial charge in [0.15, 0.2) is 0 Å². The Morgan fingerprint density at radius 1 is 1.09 bits per heavy atom. The van der Waals surface area contributed by atoms with Crippen LogP contribution in [-0.2, 0) is 13.1 Å². The van der Waals surface area contributed by atoms with Gasteiger partial charge in [0.2, 0.25) is 0 Å². The smallest absolute Gasteiger partial charge is 0.317 e. The van der Waals surface area contributed by atoms with Crippen molar-refractivity contribution in [2.75, 3.05) is 21.3 Å². The highest BCUT2D eigenvalue weighted by molar-refractivity contribution is 5.74. The number of carbonyl (C=O) groups is 1. The number of hydrogen-bond acceptors (Lipinski definition) is 3. The van der Waals surface area contributed by atoms with Gasteiger partial charge in [-0.1, -0.05) is 30.3 Å². The number of methoxy groups -OCH3 is 2. The van der Waals surface area contributed by atoms with Crippen molar-refractivity contribution in [2.45, 2.75) is 13.1 Å². The predicted molar refractivity (Wildman–Crippen MR) is 89.7 cm³/mol. The second kappa shape index (κ2) is 8.08. The fourth-order valence-corrected chi connectivity index (χ4v) is 2.26. The highest BCUT2D eigenvalue weighted by Crippen LogP contribution is 2.18. The van der Waals surface area contributed by atoms with Crippen molar-refractivity contribution in [2.24, 2.45) is 0 Å². The average molecular weight is 314 g/mol. The number of nitrogens with one attached hydrogen (secondary N) is 1. The van der Waals surface area contributed by atoms with Gasteiger partial charge in [-0.3, -0.25) is 0 Å². The summed E-state index contributed by atoms with van der Waals surface area (Å²) in [5, 5.41) is 2.90. The van der Waals surface area contributed by atoms with Crippen molar-refractivity contribution < 1.29 is 14.3 Å².